The van der Waals surface area contributed by atoms with E-state index in [2.05, 4.69) is 4.18 Å². The summed E-state index contributed by atoms with van der Waals surface area (Å²) in [5.41, 5.74) is -6.06. The summed E-state index contributed by atoms with van der Waals surface area (Å²) in [6, 6.07) is 6.47. The van der Waals surface area contributed by atoms with Crippen LogP contribution < -0.4 is 8.92 Å². The van der Waals surface area contributed by atoms with Crippen molar-refractivity contribution in [3.63, 3.8) is 0 Å². The zero-order valence-corrected chi connectivity index (χ0v) is 16.8. The SMILES string of the molecule is CCCOc1cc(C(=O)OCC)cc(OS(=O)(=O)C(F)(F)F)c1-c1ccc(F)cc1. The Kier molecular flexibility index (Phi) is 7.30. The first-order valence-corrected chi connectivity index (χ1v) is 10.2. The molecule has 11 heteroatoms. The van der Waals surface area contributed by atoms with Crippen LogP contribution in [0.3, 0.4) is 0 Å². The predicted octanol–water partition coefficient (Wildman–Crippen LogP) is 4.69. The molecule has 0 aromatic heterocycles. The molecule has 0 saturated carbocycles. The minimum absolute atomic E-state index is 0.0270. The summed E-state index contributed by atoms with van der Waals surface area (Å²) in [5, 5.41) is 0. The largest absolute Gasteiger partial charge is 0.534 e. The Balaban J connectivity index is 2.76. The third-order valence-electron chi connectivity index (χ3n) is 3.65. The van der Waals surface area contributed by atoms with Gasteiger partial charge in [0.2, 0.25) is 0 Å². The van der Waals surface area contributed by atoms with Crippen LogP contribution in [0, 0.1) is 5.82 Å². The van der Waals surface area contributed by atoms with Gasteiger partial charge in [-0.05, 0) is 43.2 Å². The maximum atomic E-state index is 13.3. The molecule has 2 aromatic carbocycles. The van der Waals surface area contributed by atoms with Crippen molar-refractivity contribution in [3.05, 3.63) is 47.8 Å². The summed E-state index contributed by atoms with van der Waals surface area (Å²) in [7, 11) is -6.06. The molecule has 2 rings (SSSR count). The van der Waals surface area contributed by atoms with Crippen molar-refractivity contribution in [1.82, 2.24) is 0 Å². The molecule has 0 unspecified atom stereocenters. The molecule has 0 saturated heterocycles. The molecular formula is C19H18F4O6S. The van der Waals surface area contributed by atoms with E-state index in [1.54, 1.807) is 6.92 Å². The van der Waals surface area contributed by atoms with Gasteiger partial charge >= 0.3 is 21.6 Å². The molecule has 164 valence electrons. The summed E-state index contributed by atoms with van der Waals surface area (Å²) < 4.78 is 90.0. The molecular weight excluding hydrogens is 432 g/mol. The van der Waals surface area contributed by atoms with E-state index in [1.807, 2.05) is 0 Å². The second kappa shape index (κ2) is 9.33. The maximum absolute atomic E-state index is 13.3. The Morgan fingerprint density at radius 2 is 1.63 bits per heavy atom. The zero-order valence-electron chi connectivity index (χ0n) is 16.0. The first kappa shape index (κ1) is 23.5. The molecule has 30 heavy (non-hydrogen) atoms. The van der Waals surface area contributed by atoms with Gasteiger partial charge < -0.3 is 13.7 Å². The molecule has 0 heterocycles. The van der Waals surface area contributed by atoms with Gasteiger partial charge in [-0.2, -0.15) is 21.6 Å². The lowest BCUT2D eigenvalue weighted by molar-refractivity contribution is -0.0499. The fourth-order valence-electron chi connectivity index (χ4n) is 2.38. The average Bonchev–Trinajstić information content (AvgIpc) is 2.66. The van der Waals surface area contributed by atoms with Gasteiger partial charge in [0.1, 0.15) is 11.6 Å². The van der Waals surface area contributed by atoms with Crippen LogP contribution in [0.4, 0.5) is 17.6 Å². The van der Waals surface area contributed by atoms with Crippen LogP contribution in [0.2, 0.25) is 0 Å². The maximum Gasteiger partial charge on any atom is 0.534 e. The summed E-state index contributed by atoms with van der Waals surface area (Å²) >= 11 is 0. The molecule has 2 aromatic rings. The average molecular weight is 450 g/mol. The van der Waals surface area contributed by atoms with E-state index in [0.717, 1.165) is 18.2 Å². The van der Waals surface area contributed by atoms with Crippen molar-refractivity contribution in [2.75, 3.05) is 13.2 Å². The molecule has 0 spiro atoms. The van der Waals surface area contributed by atoms with Crippen LogP contribution in [0.25, 0.3) is 11.1 Å². The predicted molar refractivity (Wildman–Crippen MR) is 99.2 cm³/mol. The summed E-state index contributed by atoms with van der Waals surface area (Å²) in [4.78, 5) is 12.1. The molecule has 0 aliphatic carbocycles. The topological polar surface area (TPSA) is 78.9 Å². The highest BCUT2D eigenvalue weighted by molar-refractivity contribution is 7.88. The molecule has 0 radical (unpaired) electrons. The number of alkyl halides is 3. The third-order valence-corrected chi connectivity index (χ3v) is 4.62. The van der Waals surface area contributed by atoms with Crippen molar-refractivity contribution in [1.29, 1.82) is 0 Å². The first-order valence-electron chi connectivity index (χ1n) is 8.74. The number of esters is 1. The monoisotopic (exact) mass is 450 g/mol. The van der Waals surface area contributed by atoms with Crippen molar-refractivity contribution < 1.29 is 44.4 Å². The highest BCUT2D eigenvalue weighted by atomic mass is 32.2. The molecule has 0 atom stereocenters. The molecule has 0 aliphatic heterocycles. The number of hydrogen-bond acceptors (Lipinski definition) is 6. The summed E-state index contributed by atoms with van der Waals surface area (Å²) in [6.07, 6.45) is 0.504. The number of carbonyl (C=O) groups is 1. The van der Waals surface area contributed by atoms with E-state index in [0.29, 0.717) is 6.42 Å². The Labute approximate surface area is 170 Å². The van der Waals surface area contributed by atoms with E-state index in [-0.39, 0.29) is 35.7 Å². The van der Waals surface area contributed by atoms with Crippen molar-refractivity contribution in [2.45, 2.75) is 25.8 Å². The summed E-state index contributed by atoms with van der Waals surface area (Å²) in [6.45, 7) is 3.36. The number of hydrogen-bond donors (Lipinski definition) is 0. The van der Waals surface area contributed by atoms with Crippen LogP contribution in [-0.2, 0) is 14.9 Å². The van der Waals surface area contributed by atoms with Gasteiger partial charge in [-0.1, -0.05) is 19.1 Å². The molecule has 0 amide bonds. The number of benzene rings is 2. The molecule has 0 N–H and O–H groups in total. The van der Waals surface area contributed by atoms with Crippen molar-refractivity contribution in [3.8, 4) is 22.6 Å². The second-order valence-electron chi connectivity index (χ2n) is 5.91. The van der Waals surface area contributed by atoms with Gasteiger partial charge in [-0.15, -0.1) is 0 Å². The van der Waals surface area contributed by atoms with Crippen LogP contribution >= 0.6 is 0 Å². The van der Waals surface area contributed by atoms with Gasteiger partial charge in [0, 0.05) is 0 Å². The van der Waals surface area contributed by atoms with Crippen molar-refractivity contribution in [2.24, 2.45) is 0 Å². The lowest BCUT2D eigenvalue weighted by atomic mass is 10.0. The van der Waals surface area contributed by atoms with E-state index in [9.17, 15) is 30.8 Å². The zero-order chi connectivity index (χ0) is 22.5. The highest BCUT2D eigenvalue weighted by Crippen LogP contribution is 2.42. The van der Waals surface area contributed by atoms with Gasteiger partial charge in [0.05, 0.1) is 24.3 Å². The standard InChI is InChI=1S/C19H18F4O6S/c1-3-9-28-15-10-13(18(24)27-4-2)11-16(29-30(25,26)19(21,22)23)17(15)12-5-7-14(20)8-6-12/h5-8,10-11H,3-4,9H2,1-2H3. The lowest BCUT2D eigenvalue weighted by Crippen LogP contribution is -2.28. The van der Waals surface area contributed by atoms with E-state index in [4.69, 9.17) is 9.47 Å². The minimum atomic E-state index is -6.06. The number of carbonyl (C=O) groups excluding carboxylic acids is 1. The normalized spacial score (nSPS) is 11.8. The van der Waals surface area contributed by atoms with Gasteiger partial charge in [0.15, 0.2) is 5.75 Å². The molecule has 6 nitrogen and oxygen atoms in total. The number of halogens is 4. The Hall–Kier alpha value is -2.82. The summed E-state index contributed by atoms with van der Waals surface area (Å²) in [5.74, 6) is -2.47. The Morgan fingerprint density at radius 1 is 1.03 bits per heavy atom. The van der Waals surface area contributed by atoms with Crippen LogP contribution in [0.15, 0.2) is 36.4 Å². The van der Waals surface area contributed by atoms with E-state index in [1.165, 1.54) is 25.1 Å². The van der Waals surface area contributed by atoms with E-state index < -0.39 is 33.2 Å². The van der Waals surface area contributed by atoms with Crippen LogP contribution in [0.5, 0.6) is 11.5 Å². The highest BCUT2D eigenvalue weighted by Gasteiger charge is 2.49. The second-order valence-corrected chi connectivity index (χ2v) is 7.44. The molecule has 0 bridgehead atoms. The minimum Gasteiger partial charge on any atom is -0.493 e. The fourth-order valence-corrected chi connectivity index (χ4v) is 2.84. The first-order chi connectivity index (χ1) is 14.0. The fraction of sp³-hybridized carbons (Fsp3) is 0.316. The Bertz CT molecular complexity index is 1000. The number of rotatable bonds is 8. The lowest BCUT2D eigenvalue weighted by Gasteiger charge is -2.18. The number of ether oxygens (including phenoxy) is 2. The van der Waals surface area contributed by atoms with Gasteiger partial charge in [-0.3, -0.25) is 0 Å². The smallest absolute Gasteiger partial charge is 0.493 e. The quantitative estimate of drug-likeness (QED) is 0.251. The van der Waals surface area contributed by atoms with Gasteiger partial charge in [0.25, 0.3) is 0 Å². The van der Waals surface area contributed by atoms with Crippen molar-refractivity contribution >= 4 is 16.1 Å². The molecule has 0 aliphatic rings. The van der Waals surface area contributed by atoms with Gasteiger partial charge in [-0.25, -0.2) is 9.18 Å². The van der Waals surface area contributed by atoms with Crippen LogP contribution in [-0.4, -0.2) is 33.1 Å². The van der Waals surface area contributed by atoms with E-state index >= 15 is 0 Å². The Morgan fingerprint density at radius 3 is 2.17 bits per heavy atom. The third kappa shape index (κ3) is 5.41. The molecule has 0 fully saturated rings. The van der Waals surface area contributed by atoms with Crippen LogP contribution in [0.1, 0.15) is 30.6 Å².